The van der Waals surface area contributed by atoms with Gasteiger partial charge in [-0.1, -0.05) is 24.3 Å². The zero-order valence-electron chi connectivity index (χ0n) is 24.5. The Morgan fingerprint density at radius 1 is 1.04 bits per heavy atom. The third kappa shape index (κ3) is 6.79. The smallest absolute Gasteiger partial charge is 0.303 e. The SMILES string of the molecule is O=C(O)CCc1cccc(C2NC(=O)CCCS(=O)(=O)CCc3c(c(F)cc4[nH]ccc34)Oc3ccc(F)c(c3)-c3ncc2[nH]3)c1. The van der Waals surface area contributed by atoms with Gasteiger partial charge in [-0.05, 0) is 54.7 Å². The van der Waals surface area contributed by atoms with Gasteiger partial charge >= 0.3 is 5.97 Å². The predicted molar refractivity (Wildman–Crippen MR) is 166 cm³/mol. The van der Waals surface area contributed by atoms with Crippen molar-refractivity contribution in [2.45, 2.75) is 38.1 Å². The largest absolute Gasteiger partial charge is 0.481 e. The van der Waals surface area contributed by atoms with Crippen molar-refractivity contribution in [1.29, 1.82) is 0 Å². The third-order valence-corrected chi connectivity index (χ3v) is 9.66. The number of fused-ring (bicyclic) bond motifs is 8. The number of carbonyl (C=O) groups excluding carboxylic acids is 1. The van der Waals surface area contributed by atoms with Crippen LogP contribution in [0.15, 0.2) is 67.0 Å². The lowest BCUT2D eigenvalue weighted by molar-refractivity contribution is -0.137. The number of halogens is 2. The van der Waals surface area contributed by atoms with Gasteiger partial charge in [-0.2, -0.15) is 0 Å². The molecule has 6 rings (SSSR count). The summed E-state index contributed by atoms with van der Waals surface area (Å²) >= 11 is 0. The van der Waals surface area contributed by atoms with Gasteiger partial charge in [0.1, 0.15) is 17.4 Å². The number of rotatable bonds is 4. The summed E-state index contributed by atoms with van der Waals surface area (Å²) in [6.45, 7) is 0. The van der Waals surface area contributed by atoms with Crippen LogP contribution in [0.5, 0.6) is 11.5 Å². The van der Waals surface area contributed by atoms with Crippen molar-refractivity contribution in [3.8, 4) is 22.9 Å². The molecule has 3 aromatic carbocycles. The fourth-order valence-corrected chi connectivity index (χ4v) is 6.94. The Balaban J connectivity index is 1.43. The standard InChI is InChI=1S/C33H30F2N4O6S/c34-25-8-7-21-16-24(25)33-37-18-28(38-33)31(20-4-1-3-19(15-20)6-9-30(41)42)39-29(40)5-2-13-46(43,44)14-11-23-22-10-12-36-27(22)17-26(35)32(23)45-21/h1,3-4,7-8,10,12,15-18,31,36H,2,5-6,9,11,13-14H2,(H,37,38)(H,39,40)(H,41,42). The number of benzene rings is 3. The van der Waals surface area contributed by atoms with Crippen molar-refractivity contribution in [1.82, 2.24) is 20.3 Å². The minimum atomic E-state index is -3.65. The Morgan fingerprint density at radius 3 is 2.72 bits per heavy atom. The van der Waals surface area contributed by atoms with Gasteiger partial charge < -0.3 is 25.1 Å². The summed E-state index contributed by atoms with van der Waals surface area (Å²) in [4.78, 5) is 34.7. The quantitative estimate of drug-likeness (QED) is 0.198. The van der Waals surface area contributed by atoms with Gasteiger partial charge in [0.2, 0.25) is 5.91 Å². The van der Waals surface area contributed by atoms with E-state index < -0.39 is 39.4 Å². The molecule has 4 N–H and O–H groups in total. The monoisotopic (exact) mass is 648 g/mol. The van der Waals surface area contributed by atoms with E-state index in [0.29, 0.717) is 27.7 Å². The second-order valence-electron chi connectivity index (χ2n) is 11.2. The molecule has 13 heteroatoms. The molecule has 0 radical (unpaired) electrons. The summed E-state index contributed by atoms with van der Waals surface area (Å²) in [6, 6.07) is 13.1. The second kappa shape index (κ2) is 12.8. The third-order valence-electron chi connectivity index (χ3n) is 7.93. The average Bonchev–Trinajstić information content (AvgIpc) is 3.69. The van der Waals surface area contributed by atoms with Crippen LogP contribution in [0.3, 0.4) is 0 Å². The molecule has 1 aliphatic rings. The summed E-state index contributed by atoms with van der Waals surface area (Å²) < 4.78 is 62.8. The van der Waals surface area contributed by atoms with Crippen LogP contribution < -0.4 is 10.1 Å². The lowest BCUT2D eigenvalue weighted by Gasteiger charge is -2.19. The van der Waals surface area contributed by atoms with E-state index in [-0.39, 0.29) is 66.5 Å². The second-order valence-corrected chi connectivity index (χ2v) is 13.5. The van der Waals surface area contributed by atoms with Gasteiger partial charge in [0.25, 0.3) is 0 Å². The molecule has 238 valence electrons. The number of ether oxygens (including phenoxy) is 1. The highest BCUT2D eigenvalue weighted by atomic mass is 32.2. The molecular weight excluding hydrogens is 618 g/mol. The number of aromatic nitrogens is 3. The lowest BCUT2D eigenvalue weighted by Crippen LogP contribution is -2.30. The molecule has 4 bridgehead atoms. The first kappa shape index (κ1) is 31.0. The van der Waals surface area contributed by atoms with E-state index in [9.17, 15) is 18.0 Å². The number of aliphatic carboxylic acids is 1. The fourth-order valence-electron chi connectivity index (χ4n) is 5.63. The number of hydrogen-bond donors (Lipinski definition) is 4. The number of aromatic amines is 2. The highest BCUT2D eigenvalue weighted by Gasteiger charge is 2.24. The van der Waals surface area contributed by atoms with Crippen LogP contribution >= 0.6 is 0 Å². The van der Waals surface area contributed by atoms with Crippen LogP contribution in [-0.4, -0.2) is 51.9 Å². The molecule has 2 aromatic heterocycles. The van der Waals surface area contributed by atoms with E-state index in [2.05, 4.69) is 20.3 Å². The topological polar surface area (TPSA) is 154 Å². The molecule has 10 nitrogen and oxygen atoms in total. The first-order valence-corrected chi connectivity index (χ1v) is 16.5. The lowest BCUT2D eigenvalue weighted by atomic mass is 9.99. The van der Waals surface area contributed by atoms with Crippen molar-refractivity contribution in [2.24, 2.45) is 0 Å². The van der Waals surface area contributed by atoms with Crippen molar-refractivity contribution in [3.05, 3.63) is 101 Å². The number of hydrogen-bond acceptors (Lipinski definition) is 6. The molecule has 0 saturated carbocycles. The van der Waals surface area contributed by atoms with Crippen LogP contribution in [-0.2, 0) is 32.3 Å². The van der Waals surface area contributed by atoms with Crippen LogP contribution in [0.2, 0.25) is 0 Å². The Labute approximate surface area is 262 Å². The highest BCUT2D eigenvalue weighted by molar-refractivity contribution is 7.91. The Hall–Kier alpha value is -5.04. The van der Waals surface area contributed by atoms with Gasteiger partial charge in [-0.25, -0.2) is 22.2 Å². The number of nitrogens with zero attached hydrogens (tertiary/aromatic N) is 1. The molecular formula is C33H30F2N4O6S. The van der Waals surface area contributed by atoms with Gasteiger partial charge in [0.15, 0.2) is 21.4 Å². The molecule has 0 spiro atoms. The van der Waals surface area contributed by atoms with E-state index in [1.807, 2.05) is 0 Å². The van der Waals surface area contributed by atoms with E-state index in [1.54, 1.807) is 36.5 Å². The van der Waals surface area contributed by atoms with Crippen LogP contribution in [0.25, 0.3) is 22.3 Å². The molecule has 1 amide bonds. The molecule has 5 aromatic rings. The van der Waals surface area contributed by atoms with E-state index in [0.717, 1.165) is 11.6 Å². The van der Waals surface area contributed by atoms with Crippen molar-refractivity contribution in [3.63, 3.8) is 0 Å². The minimum absolute atomic E-state index is 0.0254. The molecule has 1 atom stereocenters. The summed E-state index contributed by atoms with van der Waals surface area (Å²) in [5, 5.41) is 12.6. The number of amides is 1. The maximum absolute atomic E-state index is 15.4. The average molecular weight is 649 g/mol. The molecule has 46 heavy (non-hydrogen) atoms. The van der Waals surface area contributed by atoms with Gasteiger partial charge in [-0.3, -0.25) is 9.59 Å². The molecule has 0 fully saturated rings. The van der Waals surface area contributed by atoms with Crippen LogP contribution in [0, 0.1) is 11.6 Å². The maximum Gasteiger partial charge on any atom is 0.303 e. The summed E-state index contributed by atoms with van der Waals surface area (Å²) in [5.41, 5.74) is 2.61. The Kier molecular flexibility index (Phi) is 8.59. The van der Waals surface area contributed by atoms with E-state index in [4.69, 9.17) is 9.84 Å². The number of H-pyrrole nitrogens is 2. The van der Waals surface area contributed by atoms with Gasteiger partial charge in [-0.15, -0.1) is 0 Å². The first-order valence-electron chi connectivity index (χ1n) is 14.7. The van der Waals surface area contributed by atoms with Crippen LogP contribution in [0.1, 0.15) is 47.7 Å². The van der Waals surface area contributed by atoms with Crippen molar-refractivity contribution < 1.29 is 36.6 Å². The minimum Gasteiger partial charge on any atom is -0.481 e. The molecule has 0 aliphatic carbocycles. The molecule has 0 saturated heterocycles. The molecule has 1 aliphatic heterocycles. The zero-order chi connectivity index (χ0) is 32.4. The Bertz CT molecular complexity index is 2060. The fraction of sp³-hybridized carbons (Fsp3) is 0.242. The van der Waals surface area contributed by atoms with Crippen LogP contribution in [0.4, 0.5) is 8.78 Å². The number of carbonyl (C=O) groups is 2. The first-order chi connectivity index (χ1) is 22.1. The summed E-state index contributed by atoms with van der Waals surface area (Å²) in [5.74, 6) is -3.20. The van der Waals surface area contributed by atoms with Crippen molar-refractivity contribution in [2.75, 3.05) is 11.5 Å². The van der Waals surface area contributed by atoms with Gasteiger partial charge in [0, 0.05) is 41.6 Å². The number of carboxylic acid groups (broad SMARTS) is 1. The zero-order valence-corrected chi connectivity index (χ0v) is 25.3. The van der Waals surface area contributed by atoms with Gasteiger partial charge in [0.05, 0.1) is 35.0 Å². The summed E-state index contributed by atoms with van der Waals surface area (Å²) in [7, 11) is -3.65. The number of sulfone groups is 1. The number of nitrogens with one attached hydrogen (secondary N) is 3. The number of carboxylic acids is 1. The van der Waals surface area contributed by atoms with E-state index >= 15 is 8.78 Å². The maximum atomic E-state index is 15.4. The number of imidazole rings is 1. The highest BCUT2D eigenvalue weighted by Crippen LogP contribution is 2.37. The number of aryl methyl sites for hydroxylation is 2. The normalized spacial score (nSPS) is 16.9. The molecule has 3 heterocycles. The van der Waals surface area contributed by atoms with E-state index in [1.165, 1.54) is 24.4 Å². The Morgan fingerprint density at radius 2 is 1.89 bits per heavy atom. The molecule has 1 unspecified atom stereocenters. The summed E-state index contributed by atoms with van der Waals surface area (Å²) in [6.07, 6.45) is 3.17. The predicted octanol–water partition coefficient (Wildman–Crippen LogP) is 5.60. The van der Waals surface area contributed by atoms with Crippen molar-refractivity contribution >= 4 is 32.6 Å².